The first-order valence-corrected chi connectivity index (χ1v) is 8.03. The number of aromatic nitrogens is 2. The molecule has 0 saturated heterocycles. The predicted octanol–water partition coefficient (Wildman–Crippen LogP) is 3.37. The van der Waals surface area contributed by atoms with Gasteiger partial charge in [0.25, 0.3) is 0 Å². The summed E-state index contributed by atoms with van der Waals surface area (Å²) < 4.78 is 14.8. The molecule has 1 aromatic heterocycles. The Morgan fingerprint density at radius 2 is 2.04 bits per heavy atom. The molecule has 0 radical (unpaired) electrons. The summed E-state index contributed by atoms with van der Waals surface area (Å²) in [5.74, 6) is -0.605. The van der Waals surface area contributed by atoms with Gasteiger partial charge in [0.05, 0.1) is 18.5 Å². The number of nitrogens with one attached hydrogen (secondary N) is 1. The molecule has 0 unspecified atom stereocenters. The lowest BCUT2D eigenvalue weighted by molar-refractivity contribution is -0.111. The maximum Gasteiger partial charge on any atom is 0.248 e. The maximum absolute atomic E-state index is 13.1. The molecule has 3 aromatic rings. The molecule has 0 spiro atoms. The SMILES string of the molecule is Cn1ncc(/C=C/C(=O)Nc2cccc(CO)c2)c1-c1ccc(F)cc1. The highest BCUT2D eigenvalue weighted by molar-refractivity contribution is 6.02. The molecule has 1 heterocycles. The summed E-state index contributed by atoms with van der Waals surface area (Å²) in [6, 6.07) is 13.1. The third-order valence-electron chi connectivity index (χ3n) is 3.88. The highest BCUT2D eigenvalue weighted by atomic mass is 19.1. The maximum atomic E-state index is 13.1. The molecule has 1 amide bonds. The molecule has 0 atom stereocenters. The molecule has 2 N–H and O–H groups in total. The Morgan fingerprint density at radius 3 is 2.77 bits per heavy atom. The van der Waals surface area contributed by atoms with Crippen LogP contribution in [0.15, 0.2) is 60.8 Å². The summed E-state index contributed by atoms with van der Waals surface area (Å²) in [4.78, 5) is 12.1. The minimum atomic E-state index is -0.308. The third-order valence-corrected chi connectivity index (χ3v) is 3.88. The number of amides is 1. The summed E-state index contributed by atoms with van der Waals surface area (Å²) in [6.45, 7) is -0.0870. The van der Waals surface area contributed by atoms with Crippen LogP contribution in [-0.4, -0.2) is 20.8 Å². The highest BCUT2D eigenvalue weighted by Gasteiger charge is 2.09. The number of rotatable bonds is 5. The van der Waals surface area contributed by atoms with Crippen molar-refractivity contribution in [1.29, 1.82) is 0 Å². The Hall–Kier alpha value is -3.25. The van der Waals surface area contributed by atoms with Crippen LogP contribution in [0.1, 0.15) is 11.1 Å². The van der Waals surface area contributed by atoms with Crippen LogP contribution in [-0.2, 0) is 18.4 Å². The Morgan fingerprint density at radius 1 is 1.27 bits per heavy atom. The number of aryl methyl sites for hydroxylation is 1. The molecule has 3 rings (SSSR count). The van der Waals surface area contributed by atoms with E-state index in [1.165, 1.54) is 18.2 Å². The average Bonchev–Trinajstić information content (AvgIpc) is 3.01. The number of anilines is 1. The van der Waals surface area contributed by atoms with E-state index < -0.39 is 0 Å². The van der Waals surface area contributed by atoms with E-state index in [-0.39, 0.29) is 18.3 Å². The Kier molecular flexibility index (Phi) is 5.24. The lowest BCUT2D eigenvalue weighted by Gasteiger charge is -2.05. The third kappa shape index (κ3) is 4.04. The van der Waals surface area contributed by atoms with Crippen molar-refractivity contribution in [2.24, 2.45) is 7.05 Å². The molecule has 2 aromatic carbocycles. The Labute approximate surface area is 150 Å². The minimum Gasteiger partial charge on any atom is -0.392 e. The second-order valence-electron chi connectivity index (χ2n) is 5.76. The summed E-state index contributed by atoms with van der Waals surface area (Å²) >= 11 is 0. The van der Waals surface area contributed by atoms with E-state index in [4.69, 9.17) is 5.11 Å². The van der Waals surface area contributed by atoms with Gasteiger partial charge in [-0.2, -0.15) is 5.10 Å². The van der Waals surface area contributed by atoms with E-state index in [2.05, 4.69) is 10.4 Å². The molecule has 0 aliphatic carbocycles. The van der Waals surface area contributed by atoms with Crippen LogP contribution in [0, 0.1) is 5.82 Å². The van der Waals surface area contributed by atoms with Gasteiger partial charge in [0.1, 0.15) is 5.82 Å². The van der Waals surface area contributed by atoms with Crippen LogP contribution in [0.5, 0.6) is 0 Å². The number of aliphatic hydroxyl groups is 1. The molecule has 6 heteroatoms. The standard InChI is InChI=1S/C20H18FN3O2/c1-24-20(15-5-8-17(21)9-6-15)16(12-22-24)7-10-19(26)23-18-4-2-3-14(11-18)13-25/h2-12,25H,13H2,1H3,(H,23,26)/b10-7+. The lowest BCUT2D eigenvalue weighted by atomic mass is 10.1. The summed E-state index contributed by atoms with van der Waals surface area (Å²) in [5.41, 5.74) is 3.67. The van der Waals surface area contributed by atoms with Crippen molar-refractivity contribution in [2.45, 2.75) is 6.61 Å². The van der Waals surface area contributed by atoms with Gasteiger partial charge in [-0.05, 0) is 48.0 Å². The Bertz CT molecular complexity index is 946. The predicted molar refractivity (Wildman–Crippen MR) is 98.6 cm³/mol. The van der Waals surface area contributed by atoms with E-state index >= 15 is 0 Å². The number of nitrogens with zero attached hydrogens (tertiary/aromatic N) is 2. The van der Waals surface area contributed by atoms with E-state index in [1.54, 1.807) is 60.4 Å². The number of hydrogen-bond acceptors (Lipinski definition) is 3. The molecular weight excluding hydrogens is 333 g/mol. The van der Waals surface area contributed by atoms with Crippen LogP contribution in [0.25, 0.3) is 17.3 Å². The number of halogens is 1. The normalized spacial score (nSPS) is 11.0. The van der Waals surface area contributed by atoms with Crippen LogP contribution in [0.4, 0.5) is 10.1 Å². The van der Waals surface area contributed by atoms with Crippen molar-refractivity contribution in [3.8, 4) is 11.3 Å². The van der Waals surface area contributed by atoms with E-state index in [0.29, 0.717) is 5.69 Å². The second-order valence-corrected chi connectivity index (χ2v) is 5.76. The molecule has 0 bridgehead atoms. The smallest absolute Gasteiger partial charge is 0.248 e. The number of carbonyl (C=O) groups is 1. The van der Waals surface area contributed by atoms with E-state index in [0.717, 1.165) is 22.4 Å². The molecule has 0 aliphatic rings. The monoisotopic (exact) mass is 351 g/mol. The van der Waals surface area contributed by atoms with Gasteiger partial charge in [0, 0.05) is 29.9 Å². The first kappa shape index (κ1) is 17.6. The van der Waals surface area contributed by atoms with Crippen molar-refractivity contribution in [1.82, 2.24) is 9.78 Å². The number of hydrogen-bond donors (Lipinski definition) is 2. The first-order valence-electron chi connectivity index (χ1n) is 8.03. The topological polar surface area (TPSA) is 67.2 Å². The zero-order valence-electron chi connectivity index (χ0n) is 14.2. The number of carbonyl (C=O) groups excluding carboxylic acids is 1. The van der Waals surface area contributed by atoms with Gasteiger partial charge in [-0.1, -0.05) is 12.1 Å². The van der Waals surface area contributed by atoms with Gasteiger partial charge < -0.3 is 10.4 Å². The second kappa shape index (κ2) is 7.76. The van der Waals surface area contributed by atoms with Crippen LogP contribution >= 0.6 is 0 Å². The van der Waals surface area contributed by atoms with Gasteiger partial charge in [-0.25, -0.2) is 4.39 Å². The van der Waals surface area contributed by atoms with Gasteiger partial charge in [0.15, 0.2) is 0 Å². The van der Waals surface area contributed by atoms with Gasteiger partial charge in [0.2, 0.25) is 5.91 Å². The molecule has 26 heavy (non-hydrogen) atoms. The first-order chi connectivity index (χ1) is 12.6. The van der Waals surface area contributed by atoms with Crippen molar-refractivity contribution in [3.63, 3.8) is 0 Å². The highest BCUT2D eigenvalue weighted by Crippen LogP contribution is 2.24. The van der Waals surface area contributed by atoms with Crippen LogP contribution in [0.3, 0.4) is 0 Å². The molecule has 0 fully saturated rings. The minimum absolute atomic E-state index is 0.0870. The van der Waals surface area contributed by atoms with Crippen molar-refractivity contribution in [3.05, 3.63) is 77.7 Å². The number of benzene rings is 2. The van der Waals surface area contributed by atoms with Crippen LogP contribution < -0.4 is 5.32 Å². The summed E-state index contributed by atoms with van der Waals surface area (Å²) in [6.07, 6.45) is 4.72. The van der Waals surface area contributed by atoms with Crippen molar-refractivity contribution < 1.29 is 14.3 Å². The molecular formula is C20H18FN3O2. The average molecular weight is 351 g/mol. The van der Waals surface area contributed by atoms with Crippen molar-refractivity contribution >= 4 is 17.7 Å². The summed E-state index contributed by atoms with van der Waals surface area (Å²) in [7, 11) is 1.79. The Balaban J connectivity index is 1.78. The van der Waals surface area contributed by atoms with E-state index in [9.17, 15) is 9.18 Å². The fourth-order valence-electron chi connectivity index (χ4n) is 2.63. The van der Waals surface area contributed by atoms with Gasteiger partial charge in [-0.3, -0.25) is 9.48 Å². The largest absolute Gasteiger partial charge is 0.392 e. The lowest BCUT2D eigenvalue weighted by Crippen LogP contribution is -2.07. The quantitative estimate of drug-likeness (QED) is 0.693. The van der Waals surface area contributed by atoms with Gasteiger partial charge in [-0.15, -0.1) is 0 Å². The molecule has 132 valence electrons. The molecule has 0 aliphatic heterocycles. The zero-order valence-corrected chi connectivity index (χ0v) is 14.2. The fourth-order valence-corrected chi connectivity index (χ4v) is 2.63. The van der Waals surface area contributed by atoms with Gasteiger partial charge >= 0.3 is 0 Å². The molecule has 5 nitrogen and oxygen atoms in total. The zero-order chi connectivity index (χ0) is 18.5. The number of aliphatic hydroxyl groups excluding tert-OH is 1. The molecule has 0 saturated carbocycles. The fraction of sp³-hybridized carbons (Fsp3) is 0.100. The van der Waals surface area contributed by atoms with E-state index in [1.807, 2.05) is 0 Å². The summed E-state index contributed by atoms with van der Waals surface area (Å²) in [5, 5.41) is 16.1. The van der Waals surface area contributed by atoms with Crippen molar-refractivity contribution in [2.75, 3.05) is 5.32 Å². The van der Waals surface area contributed by atoms with Crippen LogP contribution in [0.2, 0.25) is 0 Å².